The molecule has 3 N–H and O–H groups in total. The smallest absolute Gasteiger partial charge is 0.270 e. The van der Waals surface area contributed by atoms with E-state index in [0.717, 1.165) is 0 Å². The van der Waals surface area contributed by atoms with Crippen LogP contribution >= 0.6 is 11.8 Å². The minimum Gasteiger partial charge on any atom is -0.340 e. The zero-order valence-corrected chi connectivity index (χ0v) is 18.4. The molecule has 0 aliphatic heterocycles. The fourth-order valence-corrected chi connectivity index (χ4v) is 3.47. The average molecular weight is 468 g/mol. The Hall–Kier alpha value is -3.99. The van der Waals surface area contributed by atoms with E-state index < -0.39 is 22.8 Å². The van der Waals surface area contributed by atoms with Gasteiger partial charge in [0.15, 0.2) is 0 Å². The highest BCUT2D eigenvalue weighted by Gasteiger charge is 2.22. The number of carbonyl (C=O) groups excluding carboxylic acids is 2. The lowest BCUT2D eigenvalue weighted by Gasteiger charge is -2.18. The number of nitro benzene ring substituents is 1. The number of aromatic nitrogens is 2. The Balaban J connectivity index is 1.75. The molecule has 1 aromatic heterocycles. The second-order valence-corrected chi connectivity index (χ2v) is 7.98. The molecule has 0 radical (unpaired) electrons. The quantitative estimate of drug-likeness (QED) is 0.324. The highest BCUT2D eigenvalue weighted by Crippen LogP contribution is 2.20. The molecule has 0 aliphatic carbocycles. The first-order chi connectivity index (χ1) is 15.9. The Morgan fingerprint density at radius 2 is 1.94 bits per heavy atom. The van der Waals surface area contributed by atoms with Crippen LogP contribution in [0.5, 0.6) is 0 Å². The van der Waals surface area contributed by atoms with Crippen LogP contribution in [0.1, 0.15) is 16.8 Å². The largest absolute Gasteiger partial charge is 0.340 e. The van der Waals surface area contributed by atoms with Crippen molar-refractivity contribution in [2.75, 3.05) is 17.3 Å². The fraction of sp³-hybridized carbons (Fsp3) is 0.182. The van der Waals surface area contributed by atoms with E-state index in [0.29, 0.717) is 29.1 Å². The number of nitro groups is 1. The van der Waals surface area contributed by atoms with E-state index in [2.05, 4.69) is 20.8 Å². The molecule has 0 saturated heterocycles. The topological polar surface area (TPSA) is 147 Å². The summed E-state index contributed by atoms with van der Waals surface area (Å²) >= 11 is 1.53. The molecule has 1 atom stereocenters. The summed E-state index contributed by atoms with van der Waals surface area (Å²) < 4.78 is 0. The first-order valence-electron chi connectivity index (χ1n) is 9.88. The van der Waals surface area contributed by atoms with E-state index in [1.165, 1.54) is 42.1 Å². The molecule has 1 heterocycles. The average Bonchev–Trinajstić information content (AvgIpc) is 2.82. The van der Waals surface area contributed by atoms with Gasteiger partial charge in [-0.3, -0.25) is 24.5 Å². The second kappa shape index (κ2) is 11.0. The van der Waals surface area contributed by atoms with Gasteiger partial charge in [-0.2, -0.15) is 16.9 Å². The molecule has 2 aromatic carbocycles. The van der Waals surface area contributed by atoms with Crippen molar-refractivity contribution in [3.05, 3.63) is 86.7 Å². The van der Waals surface area contributed by atoms with E-state index in [9.17, 15) is 24.5 Å². The van der Waals surface area contributed by atoms with Crippen LogP contribution in [0.3, 0.4) is 0 Å². The van der Waals surface area contributed by atoms with Crippen molar-refractivity contribution in [1.29, 1.82) is 0 Å². The third-order valence-electron chi connectivity index (χ3n) is 4.66. The third-order valence-corrected chi connectivity index (χ3v) is 5.30. The number of hydrogen-bond acceptors (Lipinski definition) is 7. The number of hydrogen-bond donors (Lipinski definition) is 3. The van der Waals surface area contributed by atoms with Crippen molar-refractivity contribution in [2.24, 2.45) is 0 Å². The third kappa shape index (κ3) is 6.50. The van der Waals surface area contributed by atoms with E-state index in [4.69, 9.17) is 0 Å². The van der Waals surface area contributed by atoms with Gasteiger partial charge in [0.1, 0.15) is 6.04 Å². The number of anilines is 1. The molecule has 1 unspecified atom stereocenters. The highest BCUT2D eigenvalue weighted by molar-refractivity contribution is 7.98. The molecule has 11 heteroatoms. The lowest BCUT2D eigenvalue weighted by Crippen LogP contribution is -2.44. The lowest BCUT2D eigenvalue weighted by atomic mass is 10.1. The zero-order chi connectivity index (χ0) is 23.8. The molecular formula is C22H21N5O5S. The maximum absolute atomic E-state index is 12.9. The van der Waals surface area contributed by atoms with Gasteiger partial charge in [0.05, 0.1) is 10.6 Å². The standard InChI is InChI=1S/C22H21N5O5S/c1-33-11-10-19(24-21(29)15-5-3-7-17(13-15)27(31)32)22(30)23-16-6-2-4-14(12-16)18-8-9-20(28)26-25-18/h2-9,12-13,19H,10-11H2,1H3,(H,23,30)(H,24,29)(H,26,28). The Morgan fingerprint density at radius 3 is 2.64 bits per heavy atom. The van der Waals surface area contributed by atoms with Gasteiger partial charge in [-0.05, 0) is 42.7 Å². The van der Waals surface area contributed by atoms with E-state index in [-0.39, 0.29) is 16.8 Å². The van der Waals surface area contributed by atoms with Crippen LogP contribution in [-0.2, 0) is 4.79 Å². The van der Waals surface area contributed by atoms with Crippen LogP contribution in [0.2, 0.25) is 0 Å². The van der Waals surface area contributed by atoms with Crippen LogP contribution in [0.25, 0.3) is 11.3 Å². The number of carbonyl (C=O) groups is 2. The number of benzene rings is 2. The first-order valence-corrected chi connectivity index (χ1v) is 11.3. The zero-order valence-electron chi connectivity index (χ0n) is 17.6. The van der Waals surface area contributed by atoms with Gasteiger partial charge >= 0.3 is 0 Å². The van der Waals surface area contributed by atoms with E-state index >= 15 is 0 Å². The molecule has 10 nitrogen and oxygen atoms in total. The van der Waals surface area contributed by atoms with Crippen molar-refractivity contribution in [3.8, 4) is 11.3 Å². The second-order valence-electron chi connectivity index (χ2n) is 6.99. The number of nitrogens with one attached hydrogen (secondary N) is 3. The predicted molar refractivity (Wildman–Crippen MR) is 126 cm³/mol. The van der Waals surface area contributed by atoms with E-state index in [1.807, 2.05) is 6.26 Å². The normalized spacial score (nSPS) is 11.4. The summed E-state index contributed by atoms with van der Waals surface area (Å²) in [5.41, 5.74) is 1.27. The van der Waals surface area contributed by atoms with Gasteiger partial charge in [0.25, 0.3) is 17.2 Å². The number of aromatic amines is 1. The van der Waals surface area contributed by atoms with Crippen LogP contribution in [0.4, 0.5) is 11.4 Å². The molecule has 0 fully saturated rings. The van der Waals surface area contributed by atoms with Crippen LogP contribution < -0.4 is 16.2 Å². The molecule has 0 aliphatic rings. The molecule has 3 rings (SSSR count). The molecule has 2 amide bonds. The molecule has 170 valence electrons. The van der Waals surface area contributed by atoms with Gasteiger partial charge in [0, 0.05) is 35.0 Å². The summed E-state index contributed by atoms with van der Waals surface area (Å²) in [4.78, 5) is 47.2. The number of amides is 2. The van der Waals surface area contributed by atoms with Crippen LogP contribution in [0.15, 0.2) is 65.5 Å². The molecular weight excluding hydrogens is 446 g/mol. The van der Waals surface area contributed by atoms with Gasteiger partial charge in [-0.25, -0.2) is 5.10 Å². The first kappa shape index (κ1) is 23.7. The summed E-state index contributed by atoms with van der Waals surface area (Å²) in [6.45, 7) is 0. The van der Waals surface area contributed by atoms with Crippen molar-refractivity contribution < 1.29 is 14.5 Å². The van der Waals surface area contributed by atoms with Gasteiger partial charge < -0.3 is 10.6 Å². The Morgan fingerprint density at radius 1 is 1.15 bits per heavy atom. The van der Waals surface area contributed by atoms with Crippen molar-refractivity contribution in [3.63, 3.8) is 0 Å². The maximum Gasteiger partial charge on any atom is 0.270 e. The van der Waals surface area contributed by atoms with Gasteiger partial charge in [0.2, 0.25) is 5.91 Å². The predicted octanol–water partition coefficient (Wildman–Crippen LogP) is 2.84. The Kier molecular flexibility index (Phi) is 7.92. The van der Waals surface area contributed by atoms with Crippen LogP contribution in [-0.4, -0.2) is 45.0 Å². The number of H-pyrrole nitrogens is 1. The molecule has 0 spiro atoms. The summed E-state index contributed by atoms with van der Waals surface area (Å²) in [6.07, 6.45) is 2.26. The van der Waals surface area contributed by atoms with Crippen molar-refractivity contribution >= 4 is 35.0 Å². The SMILES string of the molecule is CSCCC(NC(=O)c1cccc([N+](=O)[O-])c1)C(=O)Nc1cccc(-c2ccc(=O)[nH]n2)c1. The summed E-state index contributed by atoms with van der Waals surface area (Å²) in [7, 11) is 0. The molecule has 33 heavy (non-hydrogen) atoms. The van der Waals surface area contributed by atoms with Crippen molar-refractivity contribution in [1.82, 2.24) is 15.5 Å². The Bertz CT molecular complexity index is 1210. The van der Waals surface area contributed by atoms with Crippen molar-refractivity contribution in [2.45, 2.75) is 12.5 Å². The lowest BCUT2D eigenvalue weighted by molar-refractivity contribution is -0.384. The number of nitrogens with zero attached hydrogens (tertiary/aromatic N) is 2. The minimum absolute atomic E-state index is 0.0947. The number of thioether (sulfide) groups is 1. The van der Waals surface area contributed by atoms with Crippen LogP contribution in [0, 0.1) is 10.1 Å². The number of non-ortho nitro benzene ring substituents is 1. The molecule has 0 saturated carbocycles. The summed E-state index contributed by atoms with van der Waals surface area (Å²) in [5.74, 6) is -0.380. The Labute approximate surface area is 193 Å². The van der Waals surface area contributed by atoms with Gasteiger partial charge in [-0.1, -0.05) is 18.2 Å². The van der Waals surface area contributed by atoms with E-state index in [1.54, 1.807) is 30.3 Å². The monoisotopic (exact) mass is 467 g/mol. The maximum atomic E-state index is 12.9. The number of rotatable bonds is 9. The summed E-state index contributed by atoms with van der Waals surface area (Å²) in [6, 6.07) is 14.3. The highest BCUT2D eigenvalue weighted by atomic mass is 32.2. The summed E-state index contributed by atoms with van der Waals surface area (Å²) in [5, 5.41) is 22.8. The van der Waals surface area contributed by atoms with Gasteiger partial charge in [-0.15, -0.1) is 0 Å². The molecule has 3 aromatic rings. The molecule has 0 bridgehead atoms. The fourth-order valence-electron chi connectivity index (χ4n) is 3.00. The minimum atomic E-state index is -0.848.